The Bertz CT molecular complexity index is 115. The van der Waals surface area contributed by atoms with Crippen molar-refractivity contribution in [1.82, 2.24) is 0 Å². The molecule has 12 heavy (non-hydrogen) atoms. The smallest absolute Gasteiger partial charge is 0.155 e. The van der Waals surface area contributed by atoms with Crippen LogP contribution in [0, 0.1) is 0 Å². The standard InChI is InChI=1S/2C4H8O2/c2*1-4(5)3-6-2/h2*3H2,1-2H3. The van der Waals surface area contributed by atoms with Gasteiger partial charge in [-0.1, -0.05) is 0 Å². The van der Waals surface area contributed by atoms with Crippen molar-refractivity contribution in [3.63, 3.8) is 0 Å². The van der Waals surface area contributed by atoms with Crippen LogP contribution in [0.25, 0.3) is 0 Å². The molecule has 0 rings (SSSR count). The molecular formula is C8H16O4. The lowest BCUT2D eigenvalue weighted by Crippen LogP contribution is -1.98. The summed E-state index contributed by atoms with van der Waals surface area (Å²) in [6.45, 7) is 3.45. The maximum absolute atomic E-state index is 9.92. The third-order valence-corrected chi connectivity index (χ3v) is 0.695. The number of rotatable bonds is 4. The van der Waals surface area contributed by atoms with Gasteiger partial charge in [-0.05, 0) is 13.8 Å². The SMILES string of the molecule is COCC(C)=O.COCC(C)=O. The summed E-state index contributed by atoms with van der Waals surface area (Å²) in [5, 5.41) is 0. The van der Waals surface area contributed by atoms with Crippen molar-refractivity contribution in [3.8, 4) is 0 Å². The molecule has 0 atom stereocenters. The van der Waals surface area contributed by atoms with E-state index in [0.717, 1.165) is 0 Å². The van der Waals surface area contributed by atoms with Crippen molar-refractivity contribution >= 4 is 11.6 Å². The number of ketones is 2. The fraction of sp³-hybridized carbons (Fsp3) is 0.750. The van der Waals surface area contributed by atoms with E-state index < -0.39 is 0 Å². The summed E-state index contributed by atoms with van der Waals surface area (Å²) in [4.78, 5) is 19.8. The van der Waals surface area contributed by atoms with Crippen molar-refractivity contribution < 1.29 is 19.1 Å². The number of carbonyl (C=O) groups is 2. The molecule has 0 aliphatic heterocycles. The molecule has 0 amide bonds. The number of hydrogen-bond donors (Lipinski definition) is 0. The Morgan fingerprint density at radius 3 is 1.17 bits per heavy atom. The maximum Gasteiger partial charge on any atom is 0.155 e. The normalized spacial score (nSPS) is 8.33. The first-order valence-corrected chi connectivity index (χ1v) is 3.51. The van der Waals surface area contributed by atoms with Crippen LogP contribution < -0.4 is 0 Å². The highest BCUT2D eigenvalue weighted by molar-refractivity contribution is 5.76. The van der Waals surface area contributed by atoms with E-state index >= 15 is 0 Å². The summed E-state index contributed by atoms with van der Waals surface area (Å²) >= 11 is 0. The summed E-state index contributed by atoms with van der Waals surface area (Å²) in [6, 6.07) is 0. The monoisotopic (exact) mass is 176 g/mol. The first-order valence-electron chi connectivity index (χ1n) is 3.51. The molecule has 0 saturated carbocycles. The second-order valence-corrected chi connectivity index (χ2v) is 2.27. The Labute approximate surface area is 72.8 Å². The van der Waals surface area contributed by atoms with Gasteiger partial charge < -0.3 is 9.47 Å². The number of methoxy groups -OCH3 is 2. The summed E-state index contributed by atoms with van der Waals surface area (Å²) in [5.74, 6) is 0.134. The minimum atomic E-state index is 0.0671. The van der Waals surface area contributed by atoms with Gasteiger partial charge in [-0.2, -0.15) is 0 Å². The lowest BCUT2D eigenvalue weighted by Gasteiger charge is -1.84. The summed E-state index contributed by atoms with van der Waals surface area (Å²) in [6.07, 6.45) is 0. The predicted octanol–water partition coefficient (Wildman–Crippen LogP) is 0.444. The number of Topliss-reactive ketones (excluding diaryl/α,β-unsaturated/α-hetero) is 2. The molecule has 4 nitrogen and oxygen atoms in total. The molecular weight excluding hydrogens is 160 g/mol. The minimum Gasteiger partial charge on any atom is -0.377 e. The van der Waals surface area contributed by atoms with Crippen molar-refractivity contribution in [2.45, 2.75) is 13.8 Å². The van der Waals surface area contributed by atoms with E-state index in [-0.39, 0.29) is 24.8 Å². The lowest BCUT2D eigenvalue weighted by molar-refractivity contribution is -0.121. The van der Waals surface area contributed by atoms with Crippen molar-refractivity contribution in [1.29, 1.82) is 0 Å². The van der Waals surface area contributed by atoms with Gasteiger partial charge in [-0.3, -0.25) is 9.59 Å². The van der Waals surface area contributed by atoms with Gasteiger partial charge in [0.1, 0.15) is 13.2 Å². The average Bonchev–Trinajstić information content (AvgIpc) is 1.87. The molecule has 4 heteroatoms. The molecule has 0 spiro atoms. The van der Waals surface area contributed by atoms with Gasteiger partial charge in [-0.15, -0.1) is 0 Å². The van der Waals surface area contributed by atoms with Crippen LogP contribution >= 0.6 is 0 Å². The van der Waals surface area contributed by atoms with Gasteiger partial charge in [0.15, 0.2) is 11.6 Å². The Hall–Kier alpha value is -0.740. The number of hydrogen-bond acceptors (Lipinski definition) is 4. The molecule has 0 aliphatic carbocycles. The molecule has 0 aromatic heterocycles. The molecule has 0 aromatic rings. The van der Waals surface area contributed by atoms with Crippen LogP contribution in [-0.2, 0) is 19.1 Å². The zero-order chi connectivity index (χ0) is 9.98. The fourth-order valence-corrected chi connectivity index (χ4v) is 0.407. The molecule has 0 aliphatic rings. The van der Waals surface area contributed by atoms with Crippen LogP contribution in [0.2, 0.25) is 0 Å². The van der Waals surface area contributed by atoms with Crippen LogP contribution in [0.5, 0.6) is 0 Å². The fourth-order valence-electron chi connectivity index (χ4n) is 0.407. The quantitative estimate of drug-likeness (QED) is 0.623. The lowest BCUT2D eigenvalue weighted by atomic mass is 10.5. The summed E-state index contributed by atoms with van der Waals surface area (Å²) in [7, 11) is 3.00. The first kappa shape index (κ1) is 13.8. The average molecular weight is 176 g/mol. The van der Waals surface area contributed by atoms with E-state index in [1.807, 2.05) is 0 Å². The van der Waals surface area contributed by atoms with Crippen molar-refractivity contribution in [2.24, 2.45) is 0 Å². The zero-order valence-corrected chi connectivity index (χ0v) is 8.05. The first-order chi connectivity index (χ1) is 5.54. The highest BCUT2D eigenvalue weighted by atomic mass is 16.5. The molecule has 0 N–H and O–H groups in total. The molecule has 0 fully saturated rings. The molecule has 0 aromatic carbocycles. The van der Waals surface area contributed by atoms with Gasteiger partial charge in [0.25, 0.3) is 0 Å². The number of ether oxygens (including phenoxy) is 2. The Balaban J connectivity index is 0. The van der Waals surface area contributed by atoms with E-state index in [2.05, 4.69) is 9.47 Å². The third-order valence-electron chi connectivity index (χ3n) is 0.695. The van der Waals surface area contributed by atoms with E-state index in [1.165, 1.54) is 28.1 Å². The van der Waals surface area contributed by atoms with Crippen molar-refractivity contribution in [2.75, 3.05) is 27.4 Å². The Kier molecular flexibility index (Phi) is 11.8. The minimum absolute atomic E-state index is 0.0671. The maximum atomic E-state index is 9.92. The molecule has 0 heterocycles. The predicted molar refractivity (Wildman–Crippen MR) is 45.1 cm³/mol. The second kappa shape index (κ2) is 10.3. The van der Waals surface area contributed by atoms with Crippen LogP contribution in [0.1, 0.15) is 13.8 Å². The van der Waals surface area contributed by atoms with Gasteiger partial charge in [0, 0.05) is 14.2 Å². The van der Waals surface area contributed by atoms with E-state index in [0.29, 0.717) is 0 Å². The highest BCUT2D eigenvalue weighted by Crippen LogP contribution is 1.66. The highest BCUT2D eigenvalue weighted by Gasteiger charge is 1.84. The van der Waals surface area contributed by atoms with Gasteiger partial charge in [0.2, 0.25) is 0 Å². The van der Waals surface area contributed by atoms with Gasteiger partial charge in [0.05, 0.1) is 0 Å². The van der Waals surface area contributed by atoms with E-state index in [1.54, 1.807) is 0 Å². The molecule has 0 radical (unpaired) electrons. The Morgan fingerprint density at radius 2 is 1.17 bits per heavy atom. The molecule has 72 valence electrons. The van der Waals surface area contributed by atoms with Crippen LogP contribution in [0.15, 0.2) is 0 Å². The summed E-state index contributed by atoms with van der Waals surface area (Å²) in [5.41, 5.74) is 0. The second-order valence-electron chi connectivity index (χ2n) is 2.27. The van der Waals surface area contributed by atoms with Crippen molar-refractivity contribution in [3.05, 3.63) is 0 Å². The summed E-state index contributed by atoms with van der Waals surface area (Å²) < 4.78 is 8.91. The largest absolute Gasteiger partial charge is 0.377 e. The Morgan fingerprint density at radius 1 is 0.917 bits per heavy atom. The molecule has 0 unspecified atom stereocenters. The van der Waals surface area contributed by atoms with Gasteiger partial charge in [-0.25, -0.2) is 0 Å². The van der Waals surface area contributed by atoms with Crippen LogP contribution in [0.3, 0.4) is 0 Å². The number of carbonyl (C=O) groups excluding carboxylic acids is 2. The van der Waals surface area contributed by atoms with Crippen LogP contribution in [-0.4, -0.2) is 39.0 Å². The molecule has 0 saturated heterocycles. The van der Waals surface area contributed by atoms with E-state index in [9.17, 15) is 9.59 Å². The van der Waals surface area contributed by atoms with Crippen LogP contribution in [0.4, 0.5) is 0 Å². The topological polar surface area (TPSA) is 52.6 Å². The van der Waals surface area contributed by atoms with E-state index in [4.69, 9.17) is 0 Å². The zero-order valence-electron chi connectivity index (χ0n) is 8.05. The van der Waals surface area contributed by atoms with Gasteiger partial charge >= 0.3 is 0 Å². The third kappa shape index (κ3) is 22.8. The molecule has 0 bridgehead atoms.